The zero-order valence-electron chi connectivity index (χ0n) is 23.3. The second kappa shape index (κ2) is 30.8. The lowest BCUT2D eigenvalue weighted by Crippen LogP contribution is -2.01. The van der Waals surface area contributed by atoms with E-state index in [-0.39, 0.29) is 0 Å². The van der Waals surface area contributed by atoms with Gasteiger partial charge in [0, 0.05) is 4.43 Å². The topological polar surface area (TPSA) is 0 Å². The first-order chi connectivity index (χ1) is 16.3. The van der Waals surface area contributed by atoms with Crippen LogP contribution in [0.25, 0.3) is 0 Å². The summed E-state index contributed by atoms with van der Waals surface area (Å²) in [6.45, 7) is 4.62. The molecule has 0 fully saturated rings. The molecule has 0 rings (SSSR count). The lowest BCUT2D eigenvalue weighted by Gasteiger charge is -2.16. The van der Waals surface area contributed by atoms with Gasteiger partial charge in [-0.05, 0) is 18.8 Å². The van der Waals surface area contributed by atoms with Gasteiger partial charge in [0.25, 0.3) is 0 Å². The van der Waals surface area contributed by atoms with Crippen molar-refractivity contribution in [2.75, 3.05) is 0 Å². The van der Waals surface area contributed by atoms with Crippen LogP contribution in [0.2, 0.25) is 0 Å². The minimum Gasteiger partial charge on any atom is -0.0815 e. The fraction of sp³-hybridized carbons (Fsp3) is 0.969. The molecule has 0 saturated heterocycles. The van der Waals surface area contributed by atoms with Crippen molar-refractivity contribution in [1.82, 2.24) is 0 Å². The first kappa shape index (κ1) is 33.7. The summed E-state index contributed by atoms with van der Waals surface area (Å²) in [5.41, 5.74) is 0. The van der Waals surface area contributed by atoms with Gasteiger partial charge in [0.1, 0.15) is 0 Å². The third kappa shape index (κ3) is 28.9. The monoisotopic (exact) mass is 575 g/mol. The summed E-state index contributed by atoms with van der Waals surface area (Å²) in [5, 5.41) is 0. The first-order valence-corrected chi connectivity index (χ1v) is 17.0. The highest BCUT2D eigenvalue weighted by molar-refractivity contribution is 14.1. The molecule has 0 amide bonds. The maximum absolute atomic E-state index is 2.45. The SMILES string of the molecule is CCCCCCCCCCCCCCC(CC[CH]I)CCCCCCCCCCCCCC. The van der Waals surface area contributed by atoms with Gasteiger partial charge in [0.05, 0.1) is 0 Å². The van der Waals surface area contributed by atoms with Crippen LogP contribution in [0.5, 0.6) is 0 Å². The minimum atomic E-state index is 1.00. The Balaban J connectivity index is 3.49. The Hall–Kier alpha value is 0.730. The molecule has 0 aromatic heterocycles. The summed E-state index contributed by atoms with van der Waals surface area (Å²) in [5.74, 6) is 1.00. The predicted molar refractivity (Wildman–Crippen MR) is 162 cm³/mol. The average molecular weight is 576 g/mol. The summed E-state index contributed by atoms with van der Waals surface area (Å²) in [4.78, 5) is 0. The molecule has 0 saturated carbocycles. The van der Waals surface area contributed by atoms with E-state index in [9.17, 15) is 0 Å². The van der Waals surface area contributed by atoms with Crippen molar-refractivity contribution in [3.63, 3.8) is 0 Å². The fourth-order valence-electron chi connectivity index (χ4n) is 5.28. The van der Waals surface area contributed by atoms with E-state index < -0.39 is 0 Å². The van der Waals surface area contributed by atoms with Crippen LogP contribution in [0.3, 0.4) is 0 Å². The normalized spacial score (nSPS) is 11.6. The molecule has 0 aliphatic rings. The van der Waals surface area contributed by atoms with Crippen LogP contribution in [-0.4, -0.2) is 0 Å². The van der Waals surface area contributed by atoms with Gasteiger partial charge in [-0.25, -0.2) is 0 Å². The molecule has 0 aliphatic heterocycles. The quantitative estimate of drug-likeness (QED) is 0.0615. The molecule has 0 unspecified atom stereocenters. The second-order valence-electron chi connectivity index (χ2n) is 11.0. The molecule has 0 bridgehead atoms. The molecule has 0 nitrogen and oxygen atoms in total. The molecule has 33 heavy (non-hydrogen) atoms. The van der Waals surface area contributed by atoms with Gasteiger partial charge in [-0.3, -0.25) is 0 Å². The van der Waals surface area contributed by atoms with Crippen molar-refractivity contribution in [1.29, 1.82) is 0 Å². The summed E-state index contributed by atoms with van der Waals surface area (Å²) in [6.07, 6.45) is 41.0. The lowest BCUT2D eigenvalue weighted by atomic mass is 9.90. The Kier molecular flexibility index (Phi) is 31.4. The smallest absolute Gasteiger partial charge is 0.0228 e. The third-order valence-electron chi connectivity index (χ3n) is 7.62. The van der Waals surface area contributed by atoms with Crippen LogP contribution in [0.4, 0.5) is 0 Å². The van der Waals surface area contributed by atoms with Gasteiger partial charge >= 0.3 is 0 Å². The van der Waals surface area contributed by atoms with Crippen molar-refractivity contribution in [3.8, 4) is 0 Å². The van der Waals surface area contributed by atoms with Crippen molar-refractivity contribution in [3.05, 3.63) is 4.43 Å². The van der Waals surface area contributed by atoms with E-state index in [1.165, 1.54) is 180 Å². The molecule has 1 radical (unpaired) electrons. The minimum absolute atomic E-state index is 1.00. The van der Waals surface area contributed by atoms with Gasteiger partial charge in [-0.15, -0.1) is 0 Å². The molecule has 0 spiro atoms. The van der Waals surface area contributed by atoms with E-state index in [4.69, 9.17) is 0 Å². The average Bonchev–Trinajstić information content (AvgIpc) is 2.83. The maximum Gasteiger partial charge on any atom is 0.0228 e. The number of hydrogen-bond acceptors (Lipinski definition) is 0. The van der Waals surface area contributed by atoms with Gasteiger partial charge in [-0.1, -0.05) is 203 Å². The molecule has 0 aromatic carbocycles. The van der Waals surface area contributed by atoms with E-state index in [0.29, 0.717) is 0 Å². The second-order valence-corrected chi connectivity index (χ2v) is 11.8. The molecule has 0 aromatic rings. The Morgan fingerprint density at radius 2 is 0.667 bits per heavy atom. The van der Waals surface area contributed by atoms with Crippen LogP contribution < -0.4 is 0 Å². The molecule has 0 aliphatic carbocycles. The fourth-order valence-corrected chi connectivity index (χ4v) is 5.64. The highest BCUT2D eigenvalue weighted by Gasteiger charge is 2.08. The summed E-state index contributed by atoms with van der Waals surface area (Å²) >= 11 is 2.45. The molecule has 0 heterocycles. The van der Waals surface area contributed by atoms with Gasteiger partial charge in [0.15, 0.2) is 0 Å². The summed E-state index contributed by atoms with van der Waals surface area (Å²) < 4.78 is 2.36. The predicted octanol–water partition coefficient (Wildman–Crippen LogP) is 13.2. The zero-order chi connectivity index (χ0) is 24.1. The van der Waals surface area contributed by atoms with E-state index in [1.54, 1.807) is 0 Å². The number of hydrogen-bond donors (Lipinski definition) is 0. The summed E-state index contributed by atoms with van der Waals surface area (Å²) in [6, 6.07) is 0. The molecule has 1 heteroatoms. The standard InChI is InChI=1S/C32H64I/c1-3-5-7-9-11-13-15-17-19-21-23-25-28-32(30-27-31-33)29-26-24-22-20-18-16-14-12-10-8-6-4-2/h31-32H,3-30H2,1-2H3. The first-order valence-electron chi connectivity index (χ1n) is 15.8. The zero-order valence-corrected chi connectivity index (χ0v) is 25.5. The maximum atomic E-state index is 2.45. The Morgan fingerprint density at radius 1 is 0.394 bits per heavy atom. The van der Waals surface area contributed by atoms with Crippen molar-refractivity contribution < 1.29 is 0 Å². The molecular weight excluding hydrogens is 511 g/mol. The Morgan fingerprint density at radius 3 is 0.939 bits per heavy atom. The van der Waals surface area contributed by atoms with Crippen LogP contribution in [0.15, 0.2) is 0 Å². The third-order valence-corrected chi connectivity index (χ3v) is 8.24. The van der Waals surface area contributed by atoms with E-state index in [0.717, 1.165) is 5.92 Å². The number of unbranched alkanes of at least 4 members (excludes halogenated alkanes) is 22. The van der Waals surface area contributed by atoms with Crippen LogP contribution >= 0.6 is 22.6 Å². The molecule has 0 atom stereocenters. The van der Waals surface area contributed by atoms with Gasteiger partial charge < -0.3 is 0 Å². The Bertz CT molecular complexity index is 298. The van der Waals surface area contributed by atoms with Crippen LogP contribution in [0, 0.1) is 10.3 Å². The molecule has 0 N–H and O–H groups in total. The highest BCUT2D eigenvalue weighted by Crippen LogP contribution is 2.24. The van der Waals surface area contributed by atoms with Crippen LogP contribution in [-0.2, 0) is 0 Å². The summed E-state index contributed by atoms with van der Waals surface area (Å²) in [7, 11) is 0. The number of halogens is 1. The largest absolute Gasteiger partial charge is 0.0815 e. The highest BCUT2D eigenvalue weighted by atomic mass is 127. The lowest BCUT2D eigenvalue weighted by molar-refractivity contribution is 0.381. The molecular formula is C32H64I. The Labute approximate surface area is 225 Å². The van der Waals surface area contributed by atoms with Crippen molar-refractivity contribution in [2.45, 2.75) is 194 Å². The number of rotatable bonds is 29. The van der Waals surface area contributed by atoms with Crippen molar-refractivity contribution in [2.24, 2.45) is 5.92 Å². The van der Waals surface area contributed by atoms with E-state index >= 15 is 0 Å². The van der Waals surface area contributed by atoms with E-state index in [1.807, 2.05) is 0 Å². The van der Waals surface area contributed by atoms with E-state index in [2.05, 4.69) is 40.9 Å². The van der Waals surface area contributed by atoms with Gasteiger partial charge in [-0.2, -0.15) is 0 Å². The van der Waals surface area contributed by atoms with Crippen molar-refractivity contribution >= 4 is 22.6 Å². The molecule has 199 valence electrons. The van der Waals surface area contributed by atoms with Crippen LogP contribution in [0.1, 0.15) is 194 Å². The van der Waals surface area contributed by atoms with Gasteiger partial charge in [0.2, 0.25) is 0 Å².